The van der Waals surface area contributed by atoms with Crippen LogP contribution in [0.3, 0.4) is 0 Å². The van der Waals surface area contributed by atoms with Crippen molar-refractivity contribution in [3.63, 3.8) is 0 Å². The molecule has 2 amide bonds. The molecule has 2 rings (SSSR count). The predicted octanol–water partition coefficient (Wildman–Crippen LogP) is 1.28. The Bertz CT molecular complexity index is 476. The quantitative estimate of drug-likeness (QED) is 0.776. The summed E-state index contributed by atoms with van der Waals surface area (Å²) < 4.78 is 0. The minimum Gasteiger partial charge on any atom is -0.344 e. The molecule has 1 saturated heterocycles. The Balaban J connectivity index is 2.16. The smallest absolute Gasteiger partial charge is 0.254 e. The molecular weight excluding hydrogens is 248 g/mol. The van der Waals surface area contributed by atoms with Crippen LogP contribution in [0.2, 0.25) is 0 Å². The Morgan fingerprint density at radius 2 is 2.11 bits per heavy atom. The topological polar surface area (TPSA) is 40.6 Å². The minimum absolute atomic E-state index is 0.0112. The molecule has 0 N–H and O–H groups in total. The predicted molar refractivity (Wildman–Crippen MR) is 71.9 cm³/mol. The molecule has 1 fully saturated rings. The zero-order chi connectivity index (χ0) is 13.1. The summed E-state index contributed by atoms with van der Waals surface area (Å²) in [6.45, 7) is 1.48. The summed E-state index contributed by atoms with van der Waals surface area (Å²) >= 11 is 4.22. The Morgan fingerprint density at radius 1 is 1.33 bits per heavy atom. The zero-order valence-corrected chi connectivity index (χ0v) is 11.2. The van der Waals surface area contributed by atoms with Gasteiger partial charge in [0.05, 0.1) is 0 Å². The molecule has 1 aromatic carbocycles. The highest BCUT2D eigenvalue weighted by Crippen LogP contribution is 2.13. The van der Waals surface area contributed by atoms with E-state index in [0.717, 1.165) is 11.3 Å². The molecule has 0 aromatic heterocycles. The molecule has 1 heterocycles. The normalized spacial score (nSPS) is 16.7. The fourth-order valence-electron chi connectivity index (χ4n) is 1.98. The van der Waals surface area contributed by atoms with Crippen molar-refractivity contribution in [1.29, 1.82) is 0 Å². The maximum atomic E-state index is 12.3. The summed E-state index contributed by atoms with van der Waals surface area (Å²) in [6, 6.07) is 7.09. The fraction of sp³-hybridized carbons (Fsp3) is 0.385. The van der Waals surface area contributed by atoms with E-state index in [1.165, 1.54) is 0 Å². The van der Waals surface area contributed by atoms with Crippen molar-refractivity contribution in [2.45, 2.75) is 11.3 Å². The van der Waals surface area contributed by atoms with Gasteiger partial charge in [-0.05, 0) is 24.6 Å². The maximum Gasteiger partial charge on any atom is 0.254 e. The summed E-state index contributed by atoms with van der Waals surface area (Å²) in [6.07, 6.45) is 0.814. The third-order valence-electron chi connectivity index (χ3n) is 3.05. The van der Waals surface area contributed by atoms with Crippen LogP contribution in [0.5, 0.6) is 0 Å². The van der Waals surface area contributed by atoms with Gasteiger partial charge in [0.1, 0.15) is 6.54 Å². The Kier molecular flexibility index (Phi) is 3.91. The number of benzene rings is 1. The first kappa shape index (κ1) is 13.0. The van der Waals surface area contributed by atoms with Crippen LogP contribution in [0.4, 0.5) is 0 Å². The van der Waals surface area contributed by atoms with E-state index in [4.69, 9.17) is 0 Å². The van der Waals surface area contributed by atoms with Crippen LogP contribution in [0.15, 0.2) is 29.2 Å². The summed E-state index contributed by atoms with van der Waals surface area (Å²) in [7, 11) is 1.77. The summed E-state index contributed by atoms with van der Waals surface area (Å²) in [5, 5.41) is 0. The first-order chi connectivity index (χ1) is 8.58. The highest BCUT2D eigenvalue weighted by molar-refractivity contribution is 7.80. The molecule has 1 aliphatic heterocycles. The van der Waals surface area contributed by atoms with Crippen LogP contribution in [-0.2, 0) is 4.79 Å². The third kappa shape index (κ3) is 2.85. The van der Waals surface area contributed by atoms with E-state index in [-0.39, 0.29) is 18.4 Å². The summed E-state index contributed by atoms with van der Waals surface area (Å²) in [5.41, 5.74) is 0.583. The van der Waals surface area contributed by atoms with Crippen molar-refractivity contribution < 1.29 is 9.59 Å². The average molecular weight is 264 g/mol. The van der Waals surface area contributed by atoms with E-state index in [1.807, 2.05) is 6.07 Å². The van der Waals surface area contributed by atoms with Crippen molar-refractivity contribution in [2.75, 3.05) is 26.7 Å². The van der Waals surface area contributed by atoms with Crippen LogP contribution in [0.1, 0.15) is 16.8 Å². The average Bonchev–Trinajstić information content (AvgIpc) is 2.51. The van der Waals surface area contributed by atoms with Gasteiger partial charge in [-0.2, -0.15) is 0 Å². The first-order valence-electron chi connectivity index (χ1n) is 5.90. The molecule has 0 radical (unpaired) electrons. The first-order valence-corrected chi connectivity index (χ1v) is 6.35. The summed E-state index contributed by atoms with van der Waals surface area (Å²) in [5.74, 6) is -0.113. The van der Waals surface area contributed by atoms with Gasteiger partial charge in [0.15, 0.2) is 0 Å². The molecule has 0 saturated carbocycles. The van der Waals surface area contributed by atoms with Crippen LogP contribution in [0.25, 0.3) is 0 Å². The second-order valence-corrected chi connectivity index (χ2v) is 4.96. The van der Waals surface area contributed by atoms with Gasteiger partial charge in [0.2, 0.25) is 5.91 Å². The van der Waals surface area contributed by atoms with Gasteiger partial charge in [-0.25, -0.2) is 0 Å². The number of thiol groups is 1. The van der Waals surface area contributed by atoms with Crippen LogP contribution in [-0.4, -0.2) is 48.3 Å². The van der Waals surface area contributed by atoms with Crippen molar-refractivity contribution in [3.05, 3.63) is 29.8 Å². The van der Waals surface area contributed by atoms with Gasteiger partial charge in [-0.15, -0.1) is 12.6 Å². The number of carbonyl (C=O) groups is 2. The highest BCUT2D eigenvalue weighted by atomic mass is 32.1. The molecular formula is C13H16N2O2S. The number of likely N-dealkylation sites (N-methyl/N-ethyl adjacent to an activating group) is 1. The zero-order valence-electron chi connectivity index (χ0n) is 10.3. The minimum atomic E-state index is -0.102. The van der Waals surface area contributed by atoms with Crippen LogP contribution >= 0.6 is 12.6 Å². The molecule has 0 spiro atoms. The maximum absolute atomic E-state index is 12.3. The number of rotatable bonds is 1. The van der Waals surface area contributed by atoms with E-state index in [9.17, 15) is 9.59 Å². The molecule has 1 aliphatic rings. The van der Waals surface area contributed by atoms with E-state index >= 15 is 0 Å². The van der Waals surface area contributed by atoms with Gasteiger partial charge in [0, 0.05) is 30.6 Å². The largest absolute Gasteiger partial charge is 0.344 e. The van der Waals surface area contributed by atoms with Gasteiger partial charge in [-0.1, -0.05) is 6.07 Å². The molecule has 0 aliphatic carbocycles. The van der Waals surface area contributed by atoms with E-state index in [1.54, 1.807) is 35.0 Å². The van der Waals surface area contributed by atoms with Gasteiger partial charge >= 0.3 is 0 Å². The molecule has 0 bridgehead atoms. The van der Waals surface area contributed by atoms with Gasteiger partial charge < -0.3 is 9.80 Å². The van der Waals surface area contributed by atoms with Crippen LogP contribution in [0, 0.1) is 0 Å². The number of amides is 2. The van der Waals surface area contributed by atoms with Crippen molar-refractivity contribution in [3.8, 4) is 0 Å². The lowest BCUT2D eigenvalue weighted by Gasteiger charge is -2.19. The number of hydrogen-bond donors (Lipinski definition) is 1. The molecule has 96 valence electrons. The van der Waals surface area contributed by atoms with E-state index in [0.29, 0.717) is 18.7 Å². The second-order valence-electron chi connectivity index (χ2n) is 4.45. The van der Waals surface area contributed by atoms with E-state index < -0.39 is 0 Å². The number of nitrogens with zero attached hydrogens (tertiary/aromatic N) is 2. The summed E-state index contributed by atoms with van der Waals surface area (Å²) in [4.78, 5) is 28.0. The Morgan fingerprint density at radius 3 is 2.83 bits per heavy atom. The third-order valence-corrected chi connectivity index (χ3v) is 3.33. The van der Waals surface area contributed by atoms with E-state index in [2.05, 4.69) is 12.6 Å². The molecule has 0 atom stereocenters. The van der Waals surface area contributed by atoms with Crippen LogP contribution < -0.4 is 0 Å². The Labute approximate surface area is 112 Å². The molecule has 4 nitrogen and oxygen atoms in total. The number of carbonyl (C=O) groups excluding carboxylic acids is 2. The lowest BCUT2D eigenvalue weighted by Crippen LogP contribution is -2.38. The highest BCUT2D eigenvalue weighted by Gasteiger charge is 2.23. The lowest BCUT2D eigenvalue weighted by molar-refractivity contribution is -0.129. The van der Waals surface area contributed by atoms with Gasteiger partial charge in [0.25, 0.3) is 5.91 Å². The fourth-order valence-corrected chi connectivity index (χ4v) is 2.21. The standard InChI is InChI=1S/C13H16N2O2S/c1-14-6-3-7-15(9-12(14)16)13(17)10-4-2-5-11(18)8-10/h2,4-5,8,18H,3,6-7,9H2,1H3. The molecule has 1 aromatic rings. The second kappa shape index (κ2) is 5.44. The van der Waals surface area contributed by atoms with Crippen molar-refractivity contribution in [1.82, 2.24) is 9.80 Å². The van der Waals surface area contributed by atoms with Crippen molar-refractivity contribution in [2.24, 2.45) is 0 Å². The Hall–Kier alpha value is -1.49. The SMILES string of the molecule is CN1CCCN(C(=O)c2cccc(S)c2)CC1=O. The molecule has 0 unspecified atom stereocenters. The van der Waals surface area contributed by atoms with Crippen molar-refractivity contribution >= 4 is 24.4 Å². The molecule has 18 heavy (non-hydrogen) atoms. The number of hydrogen-bond acceptors (Lipinski definition) is 3. The van der Waals surface area contributed by atoms with Gasteiger partial charge in [-0.3, -0.25) is 9.59 Å². The monoisotopic (exact) mass is 264 g/mol. The lowest BCUT2D eigenvalue weighted by atomic mass is 10.2. The molecule has 5 heteroatoms.